The fourth-order valence-electron chi connectivity index (χ4n) is 1.41. The average molecular weight is 379 g/mol. The molecule has 0 heterocycles. The number of carboxylic acids is 1. The molecule has 3 N–H and O–H groups in total. The van der Waals surface area contributed by atoms with Crippen LogP contribution in [-0.4, -0.2) is 43.6 Å². The molecular weight excluding hydrogens is 364 g/mol. The van der Waals surface area contributed by atoms with E-state index in [0.29, 0.717) is 10.2 Å². The third-order valence-corrected chi connectivity index (χ3v) is 4.99. The molecule has 0 unspecified atom stereocenters. The maximum atomic E-state index is 11.6. The summed E-state index contributed by atoms with van der Waals surface area (Å²) in [5.74, 6) is -1.25. The first-order valence-electron chi connectivity index (χ1n) is 6.03. The molecule has 0 saturated carbocycles. The number of aromatic carboxylic acids is 1. The van der Waals surface area contributed by atoms with Crippen LogP contribution in [0.4, 0.5) is 10.5 Å². The molecule has 116 valence electrons. The van der Waals surface area contributed by atoms with Gasteiger partial charge in [0.2, 0.25) is 0 Å². The Morgan fingerprint density at radius 2 is 2.00 bits per heavy atom. The molecule has 0 saturated heterocycles. The van der Waals surface area contributed by atoms with Crippen LogP contribution in [0.5, 0.6) is 0 Å². The van der Waals surface area contributed by atoms with Gasteiger partial charge in [0, 0.05) is 22.5 Å². The second kappa shape index (κ2) is 7.41. The Labute approximate surface area is 130 Å². The number of rotatable bonds is 6. The van der Waals surface area contributed by atoms with E-state index in [1.54, 1.807) is 0 Å². The standard InChI is InChI=1S/C12H15BrN2O5S/c1-2-21(19,20)6-5-14-12(18)15-8-3-4-10(13)9(7-8)11(16)17/h3-4,7H,2,5-6H2,1H3,(H,16,17)(H2,14,15,18). The van der Waals surface area contributed by atoms with Crippen molar-refractivity contribution >= 4 is 43.5 Å². The highest BCUT2D eigenvalue weighted by Crippen LogP contribution is 2.21. The van der Waals surface area contributed by atoms with Gasteiger partial charge in [-0.3, -0.25) is 0 Å². The van der Waals surface area contributed by atoms with Crippen molar-refractivity contribution in [2.24, 2.45) is 0 Å². The van der Waals surface area contributed by atoms with Gasteiger partial charge in [0.05, 0.1) is 11.3 Å². The molecule has 0 aliphatic carbocycles. The number of amides is 2. The number of anilines is 1. The van der Waals surface area contributed by atoms with Gasteiger partial charge >= 0.3 is 12.0 Å². The summed E-state index contributed by atoms with van der Waals surface area (Å²) < 4.78 is 22.9. The van der Waals surface area contributed by atoms with Gasteiger partial charge in [0.25, 0.3) is 0 Å². The molecular formula is C12H15BrN2O5S. The van der Waals surface area contributed by atoms with E-state index >= 15 is 0 Å². The summed E-state index contributed by atoms with van der Waals surface area (Å²) in [5.41, 5.74) is 0.313. The monoisotopic (exact) mass is 378 g/mol. The topological polar surface area (TPSA) is 113 Å². The zero-order valence-corrected chi connectivity index (χ0v) is 13.6. The van der Waals surface area contributed by atoms with Crippen molar-refractivity contribution in [1.29, 1.82) is 0 Å². The zero-order valence-electron chi connectivity index (χ0n) is 11.2. The lowest BCUT2D eigenvalue weighted by molar-refractivity contribution is 0.0696. The number of benzene rings is 1. The van der Waals surface area contributed by atoms with Gasteiger partial charge in [0.15, 0.2) is 9.84 Å². The van der Waals surface area contributed by atoms with Crippen LogP contribution in [0.1, 0.15) is 17.3 Å². The lowest BCUT2D eigenvalue weighted by atomic mass is 10.2. The number of hydrogen-bond donors (Lipinski definition) is 3. The fourth-order valence-corrected chi connectivity index (χ4v) is 2.52. The van der Waals surface area contributed by atoms with E-state index in [2.05, 4.69) is 26.6 Å². The fraction of sp³-hybridized carbons (Fsp3) is 0.333. The second-order valence-corrected chi connectivity index (χ2v) is 7.44. The summed E-state index contributed by atoms with van der Waals surface area (Å²) >= 11 is 3.09. The summed E-state index contributed by atoms with van der Waals surface area (Å²) in [6.45, 7) is 1.52. The van der Waals surface area contributed by atoms with Crippen LogP contribution in [0.3, 0.4) is 0 Å². The number of sulfone groups is 1. The van der Waals surface area contributed by atoms with Crippen LogP contribution in [0.15, 0.2) is 22.7 Å². The Kier molecular flexibility index (Phi) is 6.16. The molecule has 1 aromatic rings. The summed E-state index contributed by atoms with van der Waals surface area (Å²) in [7, 11) is -3.14. The van der Waals surface area contributed by atoms with Crippen molar-refractivity contribution in [2.75, 3.05) is 23.4 Å². The normalized spacial score (nSPS) is 11.0. The maximum absolute atomic E-state index is 11.6. The van der Waals surface area contributed by atoms with Gasteiger partial charge in [-0.25, -0.2) is 18.0 Å². The molecule has 0 radical (unpaired) electrons. The van der Waals surface area contributed by atoms with Gasteiger partial charge in [-0.05, 0) is 34.1 Å². The smallest absolute Gasteiger partial charge is 0.336 e. The number of carbonyl (C=O) groups excluding carboxylic acids is 1. The molecule has 0 atom stereocenters. The van der Waals surface area contributed by atoms with Crippen LogP contribution >= 0.6 is 15.9 Å². The number of nitrogens with one attached hydrogen (secondary N) is 2. The largest absolute Gasteiger partial charge is 0.478 e. The number of hydrogen-bond acceptors (Lipinski definition) is 4. The van der Waals surface area contributed by atoms with Crippen LogP contribution in [0.2, 0.25) is 0 Å². The van der Waals surface area contributed by atoms with Crippen LogP contribution < -0.4 is 10.6 Å². The van der Waals surface area contributed by atoms with E-state index in [1.807, 2.05) is 0 Å². The molecule has 0 bridgehead atoms. The van der Waals surface area contributed by atoms with Crippen LogP contribution in [0, 0.1) is 0 Å². The minimum Gasteiger partial charge on any atom is -0.478 e. The molecule has 0 aliphatic heterocycles. The third-order valence-electron chi connectivity index (χ3n) is 2.59. The highest BCUT2D eigenvalue weighted by molar-refractivity contribution is 9.10. The number of carboxylic acid groups (broad SMARTS) is 1. The molecule has 2 amide bonds. The molecule has 1 aromatic carbocycles. The predicted octanol–water partition coefficient (Wildman–Crippen LogP) is 1.70. The Hall–Kier alpha value is -1.61. The quantitative estimate of drug-likeness (QED) is 0.697. The van der Waals surface area contributed by atoms with Crippen LogP contribution in [0.25, 0.3) is 0 Å². The minimum atomic E-state index is -3.14. The Morgan fingerprint density at radius 3 is 2.57 bits per heavy atom. The maximum Gasteiger partial charge on any atom is 0.336 e. The average Bonchev–Trinajstić information content (AvgIpc) is 2.40. The Bertz CT molecular complexity index is 645. The SMILES string of the molecule is CCS(=O)(=O)CCNC(=O)Nc1ccc(Br)c(C(=O)O)c1. The third kappa shape index (κ3) is 5.72. The second-order valence-electron chi connectivity index (χ2n) is 4.12. The predicted molar refractivity (Wildman–Crippen MR) is 82.5 cm³/mol. The first-order valence-corrected chi connectivity index (χ1v) is 8.64. The van der Waals surface area contributed by atoms with E-state index < -0.39 is 21.8 Å². The van der Waals surface area contributed by atoms with Crippen molar-refractivity contribution in [2.45, 2.75) is 6.92 Å². The van der Waals surface area contributed by atoms with Crippen molar-refractivity contribution in [1.82, 2.24) is 5.32 Å². The summed E-state index contributed by atoms with van der Waals surface area (Å²) in [6, 6.07) is 3.73. The van der Waals surface area contributed by atoms with Gasteiger partial charge in [-0.15, -0.1) is 0 Å². The first kappa shape index (κ1) is 17.4. The highest BCUT2D eigenvalue weighted by atomic mass is 79.9. The minimum absolute atomic E-state index is 0.00960. The summed E-state index contributed by atoms with van der Waals surface area (Å²) in [4.78, 5) is 22.5. The number of urea groups is 1. The van der Waals surface area contributed by atoms with Crippen molar-refractivity contribution in [3.05, 3.63) is 28.2 Å². The van der Waals surface area contributed by atoms with Gasteiger partial charge in [-0.2, -0.15) is 0 Å². The lowest BCUT2D eigenvalue weighted by Crippen LogP contribution is -2.33. The lowest BCUT2D eigenvalue weighted by Gasteiger charge is -2.09. The molecule has 0 aliphatic rings. The Morgan fingerprint density at radius 1 is 1.33 bits per heavy atom. The molecule has 0 aromatic heterocycles. The van der Waals surface area contributed by atoms with E-state index in [-0.39, 0.29) is 23.6 Å². The molecule has 9 heteroatoms. The van der Waals surface area contributed by atoms with E-state index in [9.17, 15) is 18.0 Å². The number of halogens is 1. The molecule has 1 rings (SSSR count). The highest BCUT2D eigenvalue weighted by Gasteiger charge is 2.11. The Balaban J connectivity index is 2.60. The number of carbonyl (C=O) groups is 2. The van der Waals surface area contributed by atoms with Crippen molar-refractivity contribution < 1.29 is 23.1 Å². The zero-order chi connectivity index (χ0) is 16.0. The summed E-state index contributed by atoms with van der Waals surface area (Å²) in [5, 5.41) is 13.8. The molecule has 0 spiro atoms. The van der Waals surface area contributed by atoms with E-state index in [1.165, 1.54) is 25.1 Å². The molecule has 0 fully saturated rings. The van der Waals surface area contributed by atoms with E-state index in [0.717, 1.165) is 0 Å². The molecule has 7 nitrogen and oxygen atoms in total. The van der Waals surface area contributed by atoms with Gasteiger partial charge < -0.3 is 15.7 Å². The first-order chi connectivity index (χ1) is 9.75. The van der Waals surface area contributed by atoms with Crippen molar-refractivity contribution in [3.8, 4) is 0 Å². The van der Waals surface area contributed by atoms with Crippen molar-refractivity contribution in [3.63, 3.8) is 0 Å². The van der Waals surface area contributed by atoms with Gasteiger partial charge in [0.1, 0.15) is 0 Å². The van der Waals surface area contributed by atoms with Crippen LogP contribution in [-0.2, 0) is 9.84 Å². The summed E-state index contributed by atoms with van der Waals surface area (Å²) in [6.07, 6.45) is 0. The van der Waals surface area contributed by atoms with E-state index in [4.69, 9.17) is 5.11 Å². The van der Waals surface area contributed by atoms with Gasteiger partial charge in [-0.1, -0.05) is 6.92 Å². The molecule has 21 heavy (non-hydrogen) atoms.